The quantitative estimate of drug-likeness (QED) is 0.311. The zero-order valence-corrected chi connectivity index (χ0v) is 21.6. The van der Waals surface area contributed by atoms with Crippen molar-refractivity contribution in [1.29, 1.82) is 0 Å². The summed E-state index contributed by atoms with van der Waals surface area (Å²) in [4.78, 5) is 0. The third-order valence-electron chi connectivity index (χ3n) is 8.53. The van der Waals surface area contributed by atoms with Crippen molar-refractivity contribution in [2.45, 2.75) is 102 Å². The fourth-order valence-corrected chi connectivity index (χ4v) is 6.00. The van der Waals surface area contributed by atoms with Crippen LogP contribution in [0.3, 0.4) is 0 Å². The van der Waals surface area contributed by atoms with Crippen molar-refractivity contribution in [3.63, 3.8) is 0 Å². The van der Waals surface area contributed by atoms with E-state index in [9.17, 15) is 26.3 Å². The van der Waals surface area contributed by atoms with Crippen molar-refractivity contribution in [2.75, 3.05) is 0 Å². The predicted octanol–water partition coefficient (Wildman–Crippen LogP) is 9.82. The van der Waals surface area contributed by atoms with Gasteiger partial charge in [-0.2, -0.15) is 13.2 Å². The first-order chi connectivity index (χ1) is 17.6. The lowest BCUT2D eigenvalue weighted by molar-refractivity contribution is -0.181. The summed E-state index contributed by atoms with van der Waals surface area (Å²) in [7, 11) is 0. The Labute approximate surface area is 215 Å². The Bertz CT molecular complexity index is 1070. The van der Waals surface area contributed by atoms with Crippen molar-refractivity contribution in [3.8, 4) is 5.75 Å². The SMILES string of the molecule is CCC1CCC(c2ccc(OC(F)(F)CCc3ccc(C4CCC(C)CC4)c(F)c3F)c(F)c2F)CC1. The molecule has 4 rings (SSSR count). The zero-order valence-electron chi connectivity index (χ0n) is 21.6. The molecule has 0 atom stereocenters. The Balaban J connectivity index is 1.40. The molecule has 2 aliphatic carbocycles. The third-order valence-corrected chi connectivity index (χ3v) is 8.53. The van der Waals surface area contributed by atoms with Crippen LogP contribution >= 0.6 is 0 Å². The van der Waals surface area contributed by atoms with Crippen molar-refractivity contribution in [1.82, 2.24) is 0 Å². The molecule has 0 unspecified atom stereocenters. The zero-order chi connectivity index (χ0) is 26.7. The Morgan fingerprint density at radius 3 is 1.86 bits per heavy atom. The number of benzene rings is 2. The summed E-state index contributed by atoms with van der Waals surface area (Å²) in [5, 5.41) is 0. The van der Waals surface area contributed by atoms with Gasteiger partial charge in [0.1, 0.15) is 0 Å². The van der Waals surface area contributed by atoms with Crippen LogP contribution in [0.5, 0.6) is 5.75 Å². The first-order valence-electron chi connectivity index (χ1n) is 13.6. The molecule has 7 heteroatoms. The van der Waals surface area contributed by atoms with Gasteiger partial charge in [0.15, 0.2) is 23.2 Å². The minimum absolute atomic E-state index is 0.0768. The molecule has 2 aromatic carbocycles. The molecule has 2 fully saturated rings. The molecular weight excluding hydrogens is 490 g/mol. The number of aryl methyl sites for hydroxylation is 1. The van der Waals surface area contributed by atoms with Gasteiger partial charge < -0.3 is 4.74 Å². The van der Waals surface area contributed by atoms with E-state index in [1.54, 1.807) is 0 Å². The van der Waals surface area contributed by atoms with Gasteiger partial charge in [-0.05, 0) is 91.4 Å². The van der Waals surface area contributed by atoms with Gasteiger partial charge in [0.25, 0.3) is 0 Å². The number of ether oxygens (including phenoxy) is 1. The topological polar surface area (TPSA) is 9.23 Å². The number of hydrogen-bond acceptors (Lipinski definition) is 1. The van der Waals surface area contributed by atoms with Gasteiger partial charge in [0.05, 0.1) is 6.42 Å². The van der Waals surface area contributed by atoms with Gasteiger partial charge in [0.2, 0.25) is 5.82 Å². The van der Waals surface area contributed by atoms with Crippen LogP contribution in [0.15, 0.2) is 24.3 Å². The molecule has 0 amide bonds. The van der Waals surface area contributed by atoms with Gasteiger partial charge in [-0.25, -0.2) is 13.2 Å². The van der Waals surface area contributed by atoms with E-state index in [1.807, 2.05) is 0 Å². The lowest BCUT2D eigenvalue weighted by atomic mass is 9.77. The highest BCUT2D eigenvalue weighted by Crippen LogP contribution is 2.41. The molecular formula is C30H36F6O. The van der Waals surface area contributed by atoms with Gasteiger partial charge in [0, 0.05) is 0 Å². The molecule has 0 heterocycles. The monoisotopic (exact) mass is 526 g/mol. The fourth-order valence-electron chi connectivity index (χ4n) is 6.00. The van der Waals surface area contributed by atoms with E-state index in [0.717, 1.165) is 63.9 Å². The first-order valence-corrected chi connectivity index (χ1v) is 13.6. The summed E-state index contributed by atoms with van der Waals surface area (Å²) in [6.45, 7) is 4.24. The largest absolute Gasteiger partial charge is 0.429 e. The molecule has 2 saturated carbocycles. The summed E-state index contributed by atoms with van der Waals surface area (Å²) >= 11 is 0. The average molecular weight is 527 g/mol. The van der Waals surface area contributed by atoms with E-state index in [0.29, 0.717) is 11.8 Å². The predicted molar refractivity (Wildman–Crippen MR) is 132 cm³/mol. The summed E-state index contributed by atoms with van der Waals surface area (Å²) < 4.78 is 92.6. The van der Waals surface area contributed by atoms with Crippen LogP contribution in [0, 0.1) is 35.1 Å². The highest BCUT2D eigenvalue weighted by molar-refractivity contribution is 5.34. The van der Waals surface area contributed by atoms with Crippen LogP contribution in [-0.4, -0.2) is 6.11 Å². The maximum atomic E-state index is 14.8. The van der Waals surface area contributed by atoms with E-state index < -0.39 is 48.0 Å². The molecule has 204 valence electrons. The summed E-state index contributed by atoms with van der Waals surface area (Å²) in [5.41, 5.74) is 0.281. The van der Waals surface area contributed by atoms with Crippen molar-refractivity contribution in [3.05, 3.63) is 64.2 Å². The van der Waals surface area contributed by atoms with E-state index in [2.05, 4.69) is 18.6 Å². The number of rotatable bonds is 8. The lowest BCUT2D eigenvalue weighted by Gasteiger charge is -2.28. The van der Waals surface area contributed by atoms with Gasteiger partial charge in [-0.15, -0.1) is 0 Å². The maximum Gasteiger partial charge on any atom is 0.398 e. The average Bonchev–Trinajstić information content (AvgIpc) is 2.88. The Morgan fingerprint density at radius 1 is 0.730 bits per heavy atom. The van der Waals surface area contributed by atoms with E-state index in [-0.39, 0.29) is 28.5 Å². The maximum absolute atomic E-state index is 14.8. The number of halogens is 6. The second-order valence-corrected chi connectivity index (χ2v) is 11.0. The molecule has 2 aromatic rings. The highest BCUT2D eigenvalue weighted by atomic mass is 19.3. The molecule has 37 heavy (non-hydrogen) atoms. The fraction of sp³-hybridized carbons (Fsp3) is 0.600. The molecule has 2 aliphatic rings. The molecule has 0 aliphatic heterocycles. The molecule has 0 N–H and O–H groups in total. The molecule has 0 spiro atoms. The van der Waals surface area contributed by atoms with Gasteiger partial charge >= 0.3 is 6.11 Å². The van der Waals surface area contributed by atoms with Crippen LogP contribution in [0.1, 0.15) is 107 Å². The smallest absolute Gasteiger partial charge is 0.398 e. The van der Waals surface area contributed by atoms with Gasteiger partial charge in [-0.1, -0.05) is 51.3 Å². The summed E-state index contributed by atoms with van der Waals surface area (Å²) in [6.07, 6.45) is 2.36. The Kier molecular flexibility index (Phi) is 8.80. The van der Waals surface area contributed by atoms with Crippen molar-refractivity contribution >= 4 is 0 Å². The summed E-state index contributed by atoms with van der Waals surface area (Å²) in [5.74, 6) is -4.70. The third kappa shape index (κ3) is 6.46. The van der Waals surface area contributed by atoms with Crippen LogP contribution in [0.4, 0.5) is 26.3 Å². The van der Waals surface area contributed by atoms with Crippen LogP contribution in [0.2, 0.25) is 0 Å². The van der Waals surface area contributed by atoms with Gasteiger partial charge in [-0.3, -0.25) is 0 Å². The second-order valence-electron chi connectivity index (χ2n) is 11.0. The number of hydrogen-bond donors (Lipinski definition) is 0. The van der Waals surface area contributed by atoms with Crippen molar-refractivity contribution in [2.24, 2.45) is 11.8 Å². The van der Waals surface area contributed by atoms with Crippen LogP contribution in [0.25, 0.3) is 0 Å². The molecule has 0 saturated heterocycles. The molecule has 0 aromatic heterocycles. The summed E-state index contributed by atoms with van der Waals surface area (Å²) in [6, 6.07) is 5.17. The van der Waals surface area contributed by atoms with E-state index >= 15 is 0 Å². The minimum atomic E-state index is -3.89. The Morgan fingerprint density at radius 2 is 1.27 bits per heavy atom. The lowest BCUT2D eigenvalue weighted by Crippen LogP contribution is -2.26. The normalized spacial score (nSPS) is 24.8. The minimum Gasteiger partial charge on any atom is -0.429 e. The van der Waals surface area contributed by atoms with E-state index in [1.165, 1.54) is 18.2 Å². The van der Waals surface area contributed by atoms with E-state index in [4.69, 9.17) is 0 Å². The van der Waals surface area contributed by atoms with Crippen LogP contribution in [-0.2, 0) is 6.42 Å². The second kappa shape index (κ2) is 11.7. The molecule has 1 nitrogen and oxygen atoms in total. The first kappa shape index (κ1) is 27.8. The number of alkyl halides is 2. The standard InChI is InChI=1S/C30H36F6O/c1-3-19-6-10-21(11-7-19)24-14-15-25(29(34)28(24)33)37-30(35,36)17-16-22-12-13-23(27(32)26(22)31)20-8-4-18(2)5-9-20/h12-15,18-21H,3-11,16-17H2,1-2H3. The highest BCUT2D eigenvalue weighted by Gasteiger charge is 2.35. The molecule has 0 bridgehead atoms. The Hall–Kier alpha value is -2.18. The van der Waals surface area contributed by atoms with Crippen molar-refractivity contribution < 1.29 is 31.1 Å². The molecule has 0 radical (unpaired) electrons. The van der Waals surface area contributed by atoms with Crippen LogP contribution < -0.4 is 4.74 Å².